The SMILES string of the molecule is CCOCCCN1C(=S)NC(c2ccsc2)C(C(=O)Nc2ccc([N+](=O)[O-])cc2)=C1C. The predicted octanol–water partition coefficient (Wildman–Crippen LogP) is 4.23. The Morgan fingerprint density at radius 1 is 1.35 bits per heavy atom. The van der Waals surface area contributed by atoms with Gasteiger partial charge in [0.15, 0.2) is 5.11 Å². The maximum absolute atomic E-state index is 13.3. The van der Waals surface area contributed by atoms with E-state index in [1.54, 1.807) is 11.3 Å². The zero-order valence-electron chi connectivity index (χ0n) is 17.3. The highest BCUT2D eigenvalue weighted by molar-refractivity contribution is 7.80. The topological polar surface area (TPSA) is 96.7 Å². The summed E-state index contributed by atoms with van der Waals surface area (Å²) >= 11 is 7.14. The van der Waals surface area contributed by atoms with Crippen molar-refractivity contribution in [3.8, 4) is 0 Å². The van der Waals surface area contributed by atoms with Gasteiger partial charge >= 0.3 is 0 Å². The molecule has 164 valence electrons. The van der Waals surface area contributed by atoms with Crippen LogP contribution in [-0.4, -0.2) is 40.6 Å². The fourth-order valence-electron chi connectivity index (χ4n) is 3.37. The number of amides is 1. The van der Waals surface area contributed by atoms with Crippen LogP contribution in [0.4, 0.5) is 11.4 Å². The van der Waals surface area contributed by atoms with Crippen molar-refractivity contribution in [1.29, 1.82) is 0 Å². The lowest BCUT2D eigenvalue weighted by atomic mass is 9.96. The van der Waals surface area contributed by atoms with Crippen molar-refractivity contribution >= 4 is 45.9 Å². The summed E-state index contributed by atoms with van der Waals surface area (Å²) in [7, 11) is 0. The third kappa shape index (κ3) is 5.46. The number of nitrogens with one attached hydrogen (secondary N) is 2. The summed E-state index contributed by atoms with van der Waals surface area (Å²) in [5.41, 5.74) is 2.73. The van der Waals surface area contributed by atoms with E-state index in [0.29, 0.717) is 36.1 Å². The third-order valence-corrected chi connectivity index (χ3v) is 5.97. The van der Waals surface area contributed by atoms with Crippen LogP contribution in [0.1, 0.15) is 31.9 Å². The van der Waals surface area contributed by atoms with Gasteiger partial charge in [-0.15, -0.1) is 0 Å². The summed E-state index contributed by atoms with van der Waals surface area (Å²) in [5.74, 6) is -0.285. The first-order chi connectivity index (χ1) is 14.9. The lowest BCUT2D eigenvalue weighted by Crippen LogP contribution is -2.48. The van der Waals surface area contributed by atoms with Crippen LogP contribution in [0.25, 0.3) is 0 Å². The standard InChI is InChI=1S/C21H24N4O4S2/c1-3-29-11-4-10-24-14(2)18(19(23-21(24)30)15-9-12-31-13-15)20(26)22-16-5-7-17(8-6-16)25(27)28/h5-9,12-13,19H,3-4,10-11H2,1-2H3,(H,22,26)(H,23,30). The number of carbonyl (C=O) groups is 1. The Morgan fingerprint density at radius 3 is 2.71 bits per heavy atom. The number of thiocarbonyl (C=S) groups is 1. The van der Waals surface area contributed by atoms with Gasteiger partial charge in [-0.3, -0.25) is 14.9 Å². The van der Waals surface area contributed by atoms with Gasteiger partial charge in [-0.25, -0.2) is 0 Å². The summed E-state index contributed by atoms with van der Waals surface area (Å²) < 4.78 is 5.42. The first-order valence-corrected chi connectivity index (χ1v) is 11.2. The van der Waals surface area contributed by atoms with E-state index >= 15 is 0 Å². The Labute approximate surface area is 190 Å². The molecule has 0 saturated carbocycles. The Kier molecular flexibility index (Phi) is 7.72. The monoisotopic (exact) mass is 460 g/mol. The molecule has 8 nitrogen and oxygen atoms in total. The lowest BCUT2D eigenvalue weighted by molar-refractivity contribution is -0.384. The van der Waals surface area contributed by atoms with Gasteiger partial charge in [-0.05, 0) is 67.0 Å². The minimum absolute atomic E-state index is 0.0327. The van der Waals surface area contributed by atoms with E-state index in [9.17, 15) is 14.9 Å². The van der Waals surface area contributed by atoms with Crippen LogP contribution in [0.3, 0.4) is 0 Å². The van der Waals surface area contributed by atoms with E-state index in [0.717, 1.165) is 17.7 Å². The highest BCUT2D eigenvalue weighted by Crippen LogP contribution is 2.32. The molecule has 31 heavy (non-hydrogen) atoms. The first kappa shape index (κ1) is 22.9. The molecule has 3 rings (SSSR count). The van der Waals surface area contributed by atoms with E-state index in [1.807, 2.05) is 35.6 Å². The second-order valence-corrected chi connectivity index (χ2v) is 8.07. The summed E-state index contributed by atoms with van der Waals surface area (Å²) in [6.07, 6.45) is 0.771. The third-order valence-electron chi connectivity index (χ3n) is 4.93. The zero-order chi connectivity index (χ0) is 22.4. The molecule has 2 aromatic rings. The van der Waals surface area contributed by atoms with E-state index in [1.165, 1.54) is 24.3 Å². The van der Waals surface area contributed by atoms with Crippen LogP contribution in [0, 0.1) is 10.1 Å². The molecule has 0 fully saturated rings. The Morgan fingerprint density at radius 2 is 2.10 bits per heavy atom. The van der Waals surface area contributed by atoms with Crippen molar-refractivity contribution in [2.45, 2.75) is 26.3 Å². The van der Waals surface area contributed by atoms with Gasteiger partial charge in [0.05, 0.1) is 16.5 Å². The number of hydrogen-bond donors (Lipinski definition) is 2. The van der Waals surface area contributed by atoms with Gasteiger partial charge in [0.1, 0.15) is 0 Å². The molecule has 0 saturated heterocycles. The fourth-order valence-corrected chi connectivity index (χ4v) is 4.40. The molecule has 2 heterocycles. The van der Waals surface area contributed by atoms with Gasteiger partial charge < -0.3 is 20.3 Å². The highest BCUT2D eigenvalue weighted by atomic mass is 32.1. The number of benzene rings is 1. The minimum atomic E-state index is -0.475. The summed E-state index contributed by atoms with van der Waals surface area (Å²) in [5, 5.41) is 21.5. The minimum Gasteiger partial charge on any atom is -0.382 e. The largest absolute Gasteiger partial charge is 0.382 e. The van der Waals surface area contributed by atoms with Crippen LogP contribution in [0.5, 0.6) is 0 Å². The van der Waals surface area contributed by atoms with Crippen molar-refractivity contribution in [2.75, 3.05) is 25.1 Å². The Balaban J connectivity index is 1.87. The van der Waals surface area contributed by atoms with Gasteiger partial charge in [-0.2, -0.15) is 11.3 Å². The van der Waals surface area contributed by atoms with Crippen LogP contribution in [-0.2, 0) is 9.53 Å². The number of ether oxygens (including phenoxy) is 1. The van der Waals surface area contributed by atoms with E-state index in [4.69, 9.17) is 17.0 Å². The first-order valence-electron chi connectivity index (χ1n) is 9.86. The van der Waals surface area contributed by atoms with Crippen LogP contribution < -0.4 is 10.6 Å². The molecular weight excluding hydrogens is 436 g/mol. The molecule has 1 aromatic carbocycles. The Bertz CT molecular complexity index is 974. The van der Waals surface area contributed by atoms with E-state index in [2.05, 4.69) is 10.6 Å². The molecule has 1 atom stereocenters. The molecule has 2 N–H and O–H groups in total. The number of hydrogen-bond acceptors (Lipinski definition) is 6. The number of anilines is 1. The molecule has 1 amide bonds. The zero-order valence-corrected chi connectivity index (χ0v) is 18.9. The van der Waals surface area contributed by atoms with Crippen molar-refractivity contribution in [3.63, 3.8) is 0 Å². The van der Waals surface area contributed by atoms with Crippen molar-refractivity contribution in [1.82, 2.24) is 10.2 Å². The highest BCUT2D eigenvalue weighted by Gasteiger charge is 2.34. The van der Waals surface area contributed by atoms with Crippen LogP contribution >= 0.6 is 23.6 Å². The summed E-state index contributed by atoms with van der Waals surface area (Å²) in [4.78, 5) is 25.6. The van der Waals surface area contributed by atoms with Gasteiger partial charge in [-0.1, -0.05) is 0 Å². The molecule has 1 unspecified atom stereocenters. The molecule has 1 aliphatic rings. The van der Waals surface area contributed by atoms with E-state index in [-0.39, 0.29) is 17.6 Å². The lowest BCUT2D eigenvalue weighted by Gasteiger charge is -2.37. The molecule has 0 bridgehead atoms. The van der Waals surface area contributed by atoms with E-state index < -0.39 is 4.92 Å². The normalized spacial score (nSPS) is 16.3. The number of allylic oxidation sites excluding steroid dienone is 1. The van der Waals surface area contributed by atoms with Crippen molar-refractivity contribution < 1.29 is 14.5 Å². The summed E-state index contributed by atoms with van der Waals surface area (Å²) in [6.45, 7) is 5.73. The molecule has 0 spiro atoms. The van der Waals surface area contributed by atoms with Crippen molar-refractivity contribution in [3.05, 3.63) is 68.0 Å². The summed E-state index contributed by atoms with van der Waals surface area (Å²) in [6, 6.07) is 7.35. The molecule has 0 radical (unpaired) electrons. The number of nitro benzene ring substituents is 1. The molecule has 1 aliphatic heterocycles. The van der Waals surface area contributed by atoms with Crippen LogP contribution in [0.15, 0.2) is 52.4 Å². The molecular formula is C21H24N4O4S2. The molecule has 1 aromatic heterocycles. The number of nitro groups is 1. The number of thiophene rings is 1. The maximum Gasteiger partial charge on any atom is 0.269 e. The average molecular weight is 461 g/mol. The second kappa shape index (κ2) is 10.5. The number of non-ortho nitro benzene ring substituents is 1. The van der Waals surface area contributed by atoms with Gasteiger partial charge in [0.2, 0.25) is 0 Å². The smallest absolute Gasteiger partial charge is 0.269 e. The van der Waals surface area contributed by atoms with Gasteiger partial charge in [0.25, 0.3) is 11.6 Å². The fraction of sp³-hybridized carbons (Fsp3) is 0.333. The average Bonchev–Trinajstić information content (AvgIpc) is 3.27. The van der Waals surface area contributed by atoms with Crippen molar-refractivity contribution in [2.24, 2.45) is 0 Å². The van der Waals surface area contributed by atoms with Crippen LogP contribution in [0.2, 0.25) is 0 Å². The molecule has 10 heteroatoms. The van der Waals surface area contributed by atoms with Gasteiger partial charge in [0, 0.05) is 43.3 Å². The predicted molar refractivity (Wildman–Crippen MR) is 125 cm³/mol. The number of carbonyl (C=O) groups excluding carboxylic acids is 1. The molecule has 0 aliphatic carbocycles. The number of nitrogens with zero attached hydrogens (tertiary/aromatic N) is 2. The maximum atomic E-state index is 13.3. The Hall–Kier alpha value is -2.82. The number of rotatable bonds is 9. The quantitative estimate of drug-likeness (QED) is 0.250. The second-order valence-electron chi connectivity index (χ2n) is 6.90.